The Kier molecular flexibility index (Phi) is 3.92. The molecular weight excluding hydrogens is 294 g/mol. The van der Waals surface area contributed by atoms with Crippen LogP contribution in [0.1, 0.15) is 27.6 Å². The Morgan fingerprint density at radius 3 is 2.83 bits per heavy atom. The lowest BCUT2D eigenvalue weighted by molar-refractivity contribution is 0.0945. The molecule has 0 saturated carbocycles. The maximum Gasteiger partial charge on any atom is 0.270 e. The van der Waals surface area contributed by atoms with Crippen LogP contribution < -0.4 is 5.32 Å². The molecule has 0 saturated heterocycles. The Labute approximate surface area is 133 Å². The second-order valence-electron chi connectivity index (χ2n) is 5.32. The van der Waals surface area contributed by atoms with Crippen molar-refractivity contribution < 1.29 is 9.32 Å². The Morgan fingerprint density at radius 2 is 2.17 bits per heavy atom. The number of hydrogen-bond donors (Lipinski definition) is 1. The second kappa shape index (κ2) is 6.04. The molecule has 0 unspecified atom stereocenters. The Balaban J connectivity index is 1.78. The number of hydrogen-bond acceptors (Lipinski definition) is 5. The van der Waals surface area contributed by atoms with Crippen LogP contribution in [0.4, 0.5) is 0 Å². The van der Waals surface area contributed by atoms with E-state index in [0.29, 0.717) is 23.7 Å². The Hall–Kier alpha value is -2.96. The van der Waals surface area contributed by atoms with Gasteiger partial charge in [-0.2, -0.15) is 0 Å². The molecule has 3 aromatic heterocycles. The van der Waals surface area contributed by atoms with Crippen molar-refractivity contribution in [2.24, 2.45) is 7.05 Å². The van der Waals surface area contributed by atoms with Gasteiger partial charge in [0.05, 0.1) is 35.5 Å². The highest BCUT2D eigenvalue weighted by Crippen LogP contribution is 2.24. The van der Waals surface area contributed by atoms with Gasteiger partial charge < -0.3 is 14.4 Å². The number of nitrogens with one attached hydrogen (secondary N) is 1. The van der Waals surface area contributed by atoms with Gasteiger partial charge in [0.1, 0.15) is 11.5 Å². The fourth-order valence-electron chi connectivity index (χ4n) is 2.37. The number of pyridine rings is 1. The lowest BCUT2D eigenvalue weighted by Gasteiger charge is -2.05. The van der Waals surface area contributed by atoms with E-state index in [-0.39, 0.29) is 5.91 Å². The van der Waals surface area contributed by atoms with E-state index in [2.05, 4.69) is 20.4 Å². The molecule has 0 aromatic carbocycles. The molecule has 3 aromatic rings. The standard InChI is InChI=1S/C16H17N5O2/c1-10-15(11(2)23-20-10)13-5-4-6-14(19-13)16(22)17-7-12-8-21(3)9-18-12/h4-6,8-9H,7H2,1-3H3,(H,17,22). The van der Waals surface area contributed by atoms with Crippen molar-refractivity contribution in [2.45, 2.75) is 20.4 Å². The average molecular weight is 311 g/mol. The molecule has 3 heterocycles. The zero-order chi connectivity index (χ0) is 16.4. The molecule has 118 valence electrons. The fraction of sp³-hybridized carbons (Fsp3) is 0.250. The molecule has 7 heteroatoms. The molecule has 0 aliphatic rings. The SMILES string of the molecule is Cc1noc(C)c1-c1cccc(C(=O)NCc2cn(C)cn2)n1. The first-order valence-corrected chi connectivity index (χ1v) is 7.20. The van der Waals surface area contributed by atoms with E-state index in [1.165, 1.54) is 0 Å². The van der Waals surface area contributed by atoms with Crippen LogP contribution in [0.2, 0.25) is 0 Å². The number of amides is 1. The lowest BCUT2D eigenvalue weighted by atomic mass is 10.1. The molecule has 1 N–H and O–H groups in total. The van der Waals surface area contributed by atoms with Crippen molar-refractivity contribution in [3.63, 3.8) is 0 Å². The van der Waals surface area contributed by atoms with E-state index < -0.39 is 0 Å². The summed E-state index contributed by atoms with van der Waals surface area (Å²) in [5, 5.41) is 6.73. The Bertz CT molecular complexity index is 830. The van der Waals surface area contributed by atoms with Gasteiger partial charge in [-0.25, -0.2) is 9.97 Å². The molecule has 0 spiro atoms. The summed E-state index contributed by atoms with van der Waals surface area (Å²) in [5.41, 5.74) is 3.39. The molecule has 0 fully saturated rings. The lowest BCUT2D eigenvalue weighted by Crippen LogP contribution is -2.24. The first-order valence-electron chi connectivity index (χ1n) is 7.20. The van der Waals surface area contributed by atoms with E-state index in [9.17, 15) is 4.79 Å². The third-order valence-electron chi connectivity index (χ3n) is 3.46. The number of imidazole rings is 1. The number of nitrogens with zero attached hydrogens (tertiary/aromatic N) is 4. The van der Waals surface area contributed by atoms with Crippen LogP contribution >= 0.6 is 0 Å². The highest BCUT2D eigenvalue weighted by atomic mass is 16.5. The predicted molar refractivity (Wildman–Crippen MR) is 83.6 cm³/mol. The minimum atomic E-state index is -0.246. The zero-order valence-electron chi connectivity index (χ0n) is 13.2. The molecule has 23 heavy (non-hydrogen) atoms. The number of rotatable bonds is 4. The van der Waals surface area contributed by atoms with E-state index >= 15 is 0 Å². The van der Waals surface area contributed by atoms with E-state index in [1.54, 1.807) is 18.5 Å². The van der Waals surface area contributed by atoms with Gasteiger partial charge in [0.25, 0.3) is 5.91 Å². The average Bonchev–Trinajstić information content (AvgIpc) is 3.10. The van der Waals surface area contributed by atoms with Crippen molar-refractivity contribution in [1.29, 1.82) is 0 Å². The summed E-state index contributed by atoms with van der Waals surface area (Å²) in [7, 11) is 1.88. The minimum absolute atomic E-state index is 0.246. The van der Waals surface area contributed by atoms with Gasteiger partial charge in [-0.3, -0.25) is 4.79 Å². The van der Waals surface area contributed by atoms with Crippen LogP contribution in [-0.4, -0.2) is 25.6 Å². The van der Waals surface area contributed by atoms with Gasteiger partial charge >= 0.3 is 0 Å². The van der Waals surface area contributed by atoms with E-state index in [0.717, 1.165) is 17.0 Å². The van der Waals surface area contributed by atoms with Crippen LogP contribution in [0.3, 0.4) is 0 Å². The number of aryl methyl sites for hydroxylation is 3. The van der Waals surface area contributed by atoms with Crippen molar-refractivity contribution in [3.05, 3.63) is 53.6 Å². The summed E-state index contributed by atoms with van der Waals surface area (Å²) < 4.78 is 6.99. The highest BCUT2D eigenvalue weighted by molar-refractivity contribution is 5.92. The molecule has 1 amide bonds. The molecule has 0 bridgehead atoms. The predicted octanol–water partition coefficient (Wildman–Crippen LogP) is 2.02. The summed E-state index contributed by atoms with van der Waals surface area (Å²) >= 11 is 0. The van der Waals surface area contributed by atoms with Gasteiger partial charge in [-0.15, -0.1) is 0 Å². The van der Waals surface area contributed by atoms with Gasteiger partial charge in [-0.05, 0) is 26.0 Å². The first-order chi connectivity index (χ1) is 11.0. The normalized spacial score (nSPS) is 10.7. The van der Waals surface area contributed by atoms with E-state index in [4.69, 9.17) is 4.52 Å². The van der Waals surface area contributed by atoms with Gasteiger partial charge in [0.15, 0.2) is 0 Å². The van der Waals surface area contributed by atoms with Gasteiger partial charge in [0.2, 0.25) is 0 Å². The van der Waals surface area contributed by atoms with Crippen molar-refractivity contribution in [2.75, 3.05) is 0 Å². The number of carbonyl (C=O) groups excluding carboxylic acids is 1. The summed E-state index contributed by atoms with van der Waals surface area (Å²) in [6.45, 7) is 4.03. The molecular formula is C16H17N5O2. The number of aromatic nitrogens is 4. The van der Waals surface area contributed by atoms with E-state index in [1.807, 2.05) is 37.7 Å². The first kappa shape index (κ1) is 15.0. The van der Waals surface area contributed by atoms with Gasteiger partial charge in [-0.1, -0.05) is 11.2 Å². The van der Waals surface area contributed by atoms with Crippen molar-refractivity contribution in [3.8, 4) is 11.3 Å². The maximum atomic E-state index is 12.3. The molecule has 0 radical (unpaired) electrons. The number of carbonyl (C=O) groups is 1. The molecule has 7 nitrogen and oxygen atoms in total. The summed E-state index contributed by atoms with van der Waals surface area (Å²) in [4.78, 5) is 20.9. The third-order valence-corrected chi connectivity index (χ3v) is 3.46. The van der Waals surface area contributed by atoms with Gasteiger partial charge in [0, 0.05) is 13.2 Å². The molecule has 0 atom stereocenters. The van der Waals surface area contributed by atoms with Crippen molar-refractivity contribution in [1.82, 2.24) is 25.0 Å². The zero-order valence-corrected chi connectivity index (χ0v) is 13.2. The van der Waals surface area contributed by atoms with Crippen LogP contribution in [0.25, 0.3) is 11.3 Å². The molecule has 3 rings (SSSR count). The van der Waals surface area contributed by atoms with Crippen LogP contribution in [0.5, 0.6) is 0 Å². The fourth-order valence-corrected chi connectivity index (χ4v) is 2.37. The molecule has 0 aliphatic heterocycles. The quantitative estimate of drug-likeness (QED) is 0.796. The Morgan fingerprint density at radius 1 is 1.35 bits per heavy atom. The topological polar surface area (TPSA) is 85.8 Å². The van der Waals surface area contributed by atoms with Crippen LogP contribution in [0, 0.1) is 13.8 Å². The van der Waals surface area contributed by atoms with Crippen LogP contribution in [-0.2, 0) is 13.6 Å². The summed E-state index contributed by atoms with van der Waals surface area (Å²) in [6.07, 6.45) is 3.55. The second-order valence-corrected chi connectivity index (χ2v) is 5.32. The van der Waals surface area contributed by atoms with Crippen LogP contribution in [0.15, 0.2) is 35.2 Å². The molecule has 0 aliphatic carbocycles. The minimum Gasteiger partial charge on any atom is -0.361 e. The third kappa shape index (κ3) is 3.13. The maximum absolute atomic E-state index is 12.3. The monoisotopic (exact) mass is 311 g/mol. The largest absolute Gasteiger partial charge is 0.361 e. The summed E-state index contributed by atoms with van der Waals surface area (Å²) in [6, 6.07) is 5.31. The van der Waals surface area contributed by atoms with Crippen molar-refractivity contribution >= 4 is 5.91 Å². The highest BCUT2D eigenvalue weighted by Gasteiger charge is 2.15. The summed E-state index contributed by atoms with van der Waals surface area (Å²) in [5.74, 6) is 0.435. The smallest absolute Gasteiger partial charge is 0.270 e.